The first kappa shape index (κ1) is 13.4. The average molecular weight is 247 g/mol. The van der Waals surface area contributed by atoms with Gasteiger partial charge in [-0.3, -0.25) is 0 Å². The van der Waals surface area contributed by atoms with E-state index in [0.717, 1.165) is 39.3 Å². The van der Waals surface area contributed by atoms with Crippen molar-refractivity contribution in [1.29, 1.82) is 0 Å². The molecule has 0 aromatic heterocycles. The molecule has 1 aliphatic rings. The molecule has 0 N–H and O–H groups in total. The molecule has 1 aliphatic heterocycles. The molecule has 0 atom stereocenters. The molecule has 1 fully saturated rings. The monoisotopic (exact) mass is 247 g/mol. The molecule has 0 bridgehead atoms. The van der Waals surface area contributed by atoms with Gasteiger partial charge < -0.3 is 4.90 Å². The molecule has 3 heteroatoms. The van der Waals surface area contributed by atoms with E-state index in [1.165, 1.54) is 11.3 Å². The molecule has 1 aromatic carbocycles. The fraction of sp³-hybridized carbons (Fsp3) is 0.600. The third-order valence-electron chi connectivity index (χ3n) is 3.75. The van der Waals surface area contributed by atoms with Crippen LogP contribution in [0.1, 0.15) is 19.4 Å². The molecule has 0 amide bonds. The van der Waals surface area contributed by atoms with Gasteiger partial charge in [-0.15, -0.1) is 0 Å². The van der Waals surface area contributed by atoms with Crippen LogP contribution in [0.4, 0.5) is 5.69 Å². The zero-order chi connectivity index (χ0) is 13.0. The second-order valence-corrected chi connectivity index (χ2v) is 4.92. The number of benzene rings is 1. The van der Waals surface area contributed by atoms with E-state index in [0.29, 0.717) is 0 Å². The lowest BCUT2D eigenvalue weighted by Gasteiger charge is -2.41. The first-order chi connectivity index (χ1) is 8.74. The number of nitrogens with zero attached hydrogens (tertiary/aromatic N) is 3. The van der Waals surface area contributed by atoms with Gasteiger partial charge in [0, 0.05) is 45.0 Å². The van der Waals surface area contributed by atoms with Gasteiger partial charge >= 0.3 is 0 Å². The number of hydrogen-bond acceptors (Lipinski definition) is 3. The summed E-state index contributed by atoms with van der Waals surface area (Å²) in [6.45, 7) is 13.4. The molecule has 0 radical (unpaired) electrons. The van der Waals surface area contributed by atoms with Crippen LogP contribution in [0.25, 0.3) is 0 Å². The first-order valence-electron chi connectivity index (χ1n) is 7.06. The van der Waals surface area contributed by atoms with Crippen molar-refractivity contribution in [3.8, 4) is 0 Å². The zero-order valence-corrected chi connectivity index (χ0v) is 11.9. The Morgan fingerprint density at radius 2 is 1.72 bits per heavy atom. The van der Waals surface area contributed by atoms with Gasteiger partial charge in [0.15, 0.2) is 0 Å². The van der Waals surface area contributed by atoms with Crippen molar-refractivity contribution in [2.24, 2.45) is 0 Å². The van der Waals surface area contributed by atoms with E-state index in [-0.39, 0.29) is 0 Å². The molecule has 1 aromatic rings. The van der Waals surface area contributed by atoms with Crippen LogP contribution in [0, 0.1) is 6.92 Å². The minimum absolute atomic E-state index is 1.11. The third-order valence-corrected chi connectivity index (χ3v) is 3.75. The minimum atomic E-state index is 1.11. The Morgan fingerprint density at radius 1 is 1.06 bits per heavy atom. The summed E-state index contributed by atoms with van der Waals surface area (Å²) >= 11 is 0. The van der Waals surface area contributed by atoms with E-state index >= 15 is 0 Å². The van der Waals surface area contributed by atoms with Crippen molar-refractivity contribution in [3.05, 3.63) is 29.8 Å². The highest BCUT2D eigenvalue weighted by molar-refractivity contribution is 5.48. The summed E-state index contributed by atoms with van der Waals surface area (Å²) in [5.74, 6) is 0. The van der Waals surface area contributed by atoms with Crippen LogP contribution in [-0.2, 0) is 0 Å². The largest absolute Gasteiger partial charge is 0.369 e. The Hall–Kier alpha value is -1.06. The van der Waals surface area contributed by atoms with Crippen LogP contribution in [-0.4, -0.2) is 49.3 Å². The Bertz CT molecular complexity index is 366. The fourth-order valence-electron chi connectivity index (χ4n) is 2.69. The highest BCUT2D eigenvalue weighted by atomic mass is 15.6. The van der Waals surface area contributed by atoms with E-state index in [9.17, 15) is 0 Å². The lowest BCUT2D eigenvalue weighted by molar-refractivity contribution is -0.0204. The zero-order valence-electron chi connectivity index (χ0n) is 11.9. The maximum atomic E-state index is 2.49. The summed E-state index contributed by atoms with van der Waals surface area (Å²) in [5.41, 5.74) is 2.72. The van der Waals surface area contributed by atoms with Gasteiger partial charge in [0.25, 0.3) is 0 Å². The molecule has 2 rings (SSSR count). The van der Waals surface area contributed by atoms with Crippen molar-refractivity contribution < 1.29 is 0 Å². The first-order valence-corrected chi connectivity index (χ1v) is 7.06. The number of hydrogen-bond donors (Lipinski definition) is 0. The number of anilines is 1. The van der Waals surface area contributed by atoms with Gasteiger partial charge in [0.05, 0.1) is 0 Å². The average Bonchev–Trinajstić information content (AvgIpc) is 2.41. The van der Waals surface area contributed by atoms with Crippen LogP contribution in [0.3, 0.4) is 0 Å². The maximum Gasteiger partial charge on any atom is 0.0369 e. The standard InChI is InChI=1S/C15H25N3/c1-4-17(5-2)18-11-9-16(10-12-18)15-8-6-7-14(3)13-15/h6-8,13H,4-5,9-12H2,1-3H3. The van der Waals surface area contributed by atoms with Crippen molar-refractivity contribution >= 4 is 5.69 Å². The molecular weight excluding hydrogens is 222 g/mol. The number of hydrazine groups is 1. The van der Waals surface area contributed by atoms with E-state index in [4.69, 9.17) is 0 Å². The lowest BCUT2D eigenvalue weighted by atomic mass is 10.2. The second kappa shape index (κ2) is 6.21. The Balaban J connectivity index is 1.94. The lowest BCUT2D eigenvalue weighted by Crippen LogP contribution is -2.53. The second-order valence-electron chi connectivity index (χ2n) is 4.92. The summed E-state index contributed by atoms with van der Waals surface area (Å²) in [7, 11) is 0. The van der Waals surface area contributed by atoms with Gasteiger partial charge in [-0.1, -0.05) is 26.0 Å². The van der Waals surface area contributed by atoms with Crippen molar-refractivity contribution in [2.75, 3.05) is 44.2 Å². The van der Waals surface area contributed by atoms with Crippen LogP contribution in [0.5, 0.6) is 0 Å². The van der Waals surface area contributed by atoms with E-state index < -0.39 is 0 Å². The highest BCUT2D eigenvalue weighted by Gasteiger charge is 2.20. The van der Waals surface area contributed by atoms with Gasteiger partial charge in [0.1, 0.15) is 0 Å². The Morgan fingerprint density at radius 3 is 2.28 bits per heavy atom. The molecule has 1 heterocycles. The van der Waals surface area contributed by atoms with Crippen LogP contribution >= 0.6 is 0 Å². The highest BCUT2D eigenvalue weighted by Crippen LogP contribution is 2.18. The molecule has 1 saturated heterocycles. The third kappa shape index (κ3) is 3.03. The van der Waals surface area contributed by atoms with Crippen LogP contribution in [0.2, 0.25) is 0 Å². The predicted molar refractivity (Wildman–Crippen MR) is 77.9 cm³/mol. The Kier molecular flexibility index (Phi) is 4.61. The molecule has 3 nitrogen and oxygen atoms in total. The van der Waals surface area contributed by atoms with Crippen LogP contribution < -0.4 is 4.90 Å². The number of aryl methyl sites for hydroxylation is 1. The summed E-state index contributed by atoms with van der Waals surface area (Å²) in [4.78, 5) is 2.49. The number of piperazine rings is 1. The van der Waals surface area contributed by atoms with Crippen LogP contribution in [0.15, 0.2) is 24.3 Å². The molecule has 0 saturated carbocycles. The summed E-state index contributed by atoms with van der Waals surface area (Å²) in [5, 5.41) is 4.93. The Labute approximate surface area is 111 Å². The summed E-state index contributed by atoms with van der Waals surface area (Å²) < 4.78 is 0. The predicted octanol–water partition coefficient (Wildman–Crippen LogP) is 2.37. The molecule has 0 aliphatic carbocycles. The minimum Gasteiger partial charge on any atom is -0.369 e. The quantitative estimate of drug-likeness (QED) is 0.809. The van der Waals surface area contributed by atoms with E-state index in [1.807, 2.05) is 0 Å². The smallest absolute Gasteiger partial charge is 0.0369 e. The normalized spacial score (nSPS) is 17.4. The fourth-order valence-corrected chi connectivity index (χ4v) is 2.69. The molecular formula is C15H25N3. The van der Waals surface area contributed by atoms with Gasteiger partial charge in [0.2, 0.25) is 0 Å². The summed E-state index contributed by atoms with van der Waals surface area (Å²) in [6.07, 6.45) is 0. The van der Waals surface area contributed by atoms with Crippen molar-refractivity contribution in [1.82, 2.24) is 10.0 Å². The topological polar surface area (TPSA) is 9.72 Å². The van der Waals surface area contributed by atoms with Gasteiger partial charge in [-0.2, -0.15) is 0 Å². The SMILES string of the molecule is CCN(CC)N1CCN(c2cccc(C)c2)CC1. The maximum absolute atomic E-state index is 2.49. The van der Waals surface area contributed by atoms with Crippen molar-refractivity contribution in [2.45, 2.75) is 20.8 Å². The molecule has 100 valence electrons. The van der Waals surface area contributed by atoms with Crippen molar-refractivity contribution in [3.63, 3.8) is 0 Å². The molecule has 0 unspecified atom stereocenters. The molecule has 18 heavy (non-hydrogen) atoms. The van der Waals surface area contributed by atoms with Gasteiger partial charge in [-0.05, 0) is 24.6 Å². The summed E-state index contributed by atoms with van der Waals surface area (Å²) in [6, 6.07) is 8.82. The molecule has 0 spiro atoms. The number of rotatable bonds is 4. The van der Waals surface area contributed by atoms with E-state index in [1.54, 1.807) is 0 Å². The van der Waals surface area contributed by atoms with Gasteiger partial charge in [-0.25, -0.2) is 10.0 Å². The van der Waals surface area contributed by atoms with E-state index in [2.05, 4.69) is 60.0 Å².